The third-order valence-electron chi connectivity index (χ3n) is 7.48. The van der Waals surface area contributed by atoms with Crippen LogP contribution in [0.2, 0.25) is 0 Å². The summed E-state index contributed by atoms with van der Waals surface area (Å²) in [5, 5.41) is 6.29. The Morgan fingerprint density at radius 2 is 1.65 bits per heavy atom. The van der Waals surface area contributed by atoms with E-state index in [2.05, 4.69) is 10.6 Å². The van der Waals surface area contributed by atoms with Crippen LogP contribution in [0.25, 0.3) is 0 Å². The van der Waals surface area contributed by atoms with Crippen molar-refractivity contribution >= 4 is 17.4 Å². The molecule has 1 heterocycles. The molecular formula is C32H31FN2O5. The Morgan fingerprint density at radius 1 is 0.900 bits per heavy atom. The molecule has 0 spiro atoms. The summed E-state index contributed by atoms with van der Waals surface area (Å²) >= 11 is 0. The van der Waals surface area contributed by atoms with Gasteiger partial charge in [-0.15, -0.1) is 0 Å². The minimum absolute atomic E-state index is 0.0926. The van der Waals surface area contributed by atoms with Gasteiger partial charge in [0.2, 0.25) is 0 Å². The van der Waals surface area contributed by atoms with Crippen molar-refractivity contribution in [2.75, 3.05) is 26.6 Å². The maximum Gasteiger partial charge on any atom is 0.254 e. The van der Waals surface area contributed by atoms with Crippen molar-refractivity contribution in [2.24, 2.45) is 0 Å². The van der Waals surface area contributed by atoms with E-state index in [-0.39, 0.29) is 24.0 Å². The number of benzene rings is 3. The van der Waals surface area contributed by atoms with Crippen molar-refractivity contribution < 1.29 is 28.2 Å². The predicted molar refractivity (Wildman–Crippen MR) is 150 cm³/mol. The van der Waals surface area contributed by atoms with Crippen molar-refractivity contribution in [1.82, 2.24) is 5.32 Å². The molecule has 8 heteroatoms. The number of nitrogens with one attached hydrogen (secondary N) is 2. The Hall–Kier alpha value is -4.59. The van der Waals surface area contributed by atoms with Crippen LogP contribution < -0.4 is 24.8 Å². The van der Waals surface area contributed by atoms with E-state index in [1.165, 1.54) is 12.1 Å². The van der Waals surface area contributed by atoms with Gasteiger partial charge in [0.15, 0.2) is 17.3 Å². The molecule has 0 bridgehead atoms. The molecule has 2 atom stereocenters. The second-order valence-corrected chi connectivity index (χ2v) is 9.87. The summed E-state index contributed by atoms with van der Waals surface area (Å²) in [6, 6.07) is 18.7. The van der Waals surface area contributed by atoms with Crippen LogP contribution in [0.15, 0.2) is 89.3 Å². The van der Waals surface area contributed by atoms with Gasteiger partial charge in [-0.2, -0.15) is 0 Å². The molecule has 206 valence electrons. The van der Waals surface area contributed by atoms with E-state index in [9.17, 15) is 14.0 Å². The number of amides is 1. The fourth-order valence-electron chi connectivity index (χ4n) is 5.57. The first kappa shape index (κ1) is 27.0. The van der Waals surface area contributed by atoms with Crippen LogP contribution in [0.3, 0.4) is 0 Å². The van der Waals surface area contributed by atoms with Gasteiger partial charge in [-0.25, -0.2) is 4.39 Å². The summed E-state index contributed by atoms with van der Waals surface area (Å²) in [7, 11) is 4.73. The first-order valence-electron chi connectivity index (χ1n) is 13.0. The van der Waals surface area contributed by atoms with E-state index < -0.39 is 11.7 Å². The smallest absolute Gasteiger partial charge is 0.254 e. The zero-order valence-electron chi connectivity index (χ0n) is 22.8. The summed E-state index contributed by atoms with van der Waals surface area (Å²) in [6.45, 7) is 1.81. The Labute approximate surface area is 232 Å². The monoisotopic (exact) mass is 542 g/mol. The molecular weight excluding hydrogens is 511 g/mol. The third-order valence-corrected chi connectivity index (χ3v) is 7.48. The van der Waals surface area contributed by atoms with Crippen LogP contribution >= 0.6 is 0 Å². The van der Waals surface area contributed by atoms with Gasteiger partial charge in [0.05, 0.1) is 21.3 Å². The normalized spacial score (nSPS) is 18.6. The topological polar surface area (TPSA) is 85.9 Å². The fraction of sp³-hybridized carbons (Fsp3) is 0.250. The van der Waals surface area contributed by atoms with Crippen LogP contribution in [-0.4, -0.2) is 33.0 Å². The van der Waals surface area contributed by atoms with Crippen molar-refractivity contribution in [1.29, 1.82) is 0 Å². The van der Waals surface area contributed by atoms with Crippen molar-refractivity contribution in [3.05, 3.63) is 106 Å². The predicted octanol–water partition coefficient (Wildman–Crippen LogP) is 5.85. The number of Topliss-reactive ketones (excluding diaryl/α,β-unsaturated/α-hetero) is 1. The highest BCUT2D eigenvalue weighted by Crippen LogP contribution is 2.46. The van der Waals surface area contributed by atoms with Crippen molar-refractivity contribution in [3.63, 3.8) is 0 Å². The van der Waals surface area contributed by atoms with Gasteiger partial charge in [0, 0.05) is 40.6 Å². The molecule has 0 saturated heterocycles. The molecule has 7 nitrogen and oxygen atoms in total. The zero-order chi connectivity index (χ0) is 28.4. The average Bonchev–Trinajstić information content (AvgIpc) is 2.96. The van der Waals surface area contributed by atoms with Crippen LogP contribution in [0.4, 0.5) is 10.1 Å². The lowest BCUT2D eigenvalue weighted by Crippen LogP contribution is -2.37. The molecule has 3 aromatic carbocycles. The second kappa shape index (κ2) is 11.3. The Morgan fingerprint density at radius 3 is 2.33 bits per heavy atom. The third kappa shape index (κ3) is 5.17. The molecule has 1 aliphatic heterocycles. The number of carbonyl (C=O) groups is 2. The number of ketones is 1. The van der Waals surface area contributed by atoms with Crippen LogP contribution in [-0.2, 0) is 9.59 Å². The van der Waals surface area contributed by atoms with E-state index in [0.717, 1.165) is 11.3 Å². The number of ether oxygens (including phenoxy) is 3. The number of anilines is 1. The SMILES string of the molecule is COc1ccc(NC(=O)C2=C(C)NC3=C(C(=O)CC(c4ccc(OC)c(OC)c4)C3)C2c2cccc(F)c2)cc1. The Bertz CT molecular complexity index is 1530. The van der Waals surface area contributed by atoms with E-state index in [4.69, 9.17) is 14.2 Å². The lowest BCUT2D eigenvalue weighted by atomic mass is 9.71. The molecule has 0 fully saturated rings. The number of hydrogen-bond donors (Lipinski definition) is 2. The standard InChI is InChI=1S/C32H31FN2O5/c1-18-29(32(37)35-23-9-11-24(38-2)12-10-23)30(20-6-5-7-22(33)14-20)31-25(34-18)15-21(16-26(31)36)19-8-13-27(39-3)28(17-19)40-4/h5-14,17,21,30,34H,15-16H2,1-4H3,(H,35,37). The van der Waals surface area contributed by atoms with E-state index in [1.807, 2.05) is 25.1 Å². The van der Waals surface area contributed by atoms with Crippen LogP contribution in [0, 0.1) is 5.82 Å². The van der Waals surface area contributed by atoms with Gasteiger partial charge in [-0.1, -0.05) is 18.2 Å². The lowest BCUT2D eigenvalue weighted by molar-refractivity contribution is -0.116. The van der Waals surface area contributed by atoms with Crippen LogP contribution in [0.1, 0.15) is 42.7 Å². The molecule has 40 heavy (non-hydrogen) atoms. The van der Waals surface area contributed by atoms with Gasteiger partial charge < -0.3 is 24.8 Å². The highest BCUT2D eigenvalue weighted by molar-refractivity contribution is 6.10. The molecule has 5 rings (SSSR count). The number of hydrogen-bond acceptors (Lipinski definition) is 6. The van der Waals surface area contributed by atoms with Gasteiger partial charge in [-0.3, -0.25) is 9.59 Å². The van der Waals surface area contributed by atoms with Crippen LogP contribution in [0.5, 0.6) is 17.2 Å². The molecule has 2 aliphatic rings. The van der Waals surface area contributed by atoms with Crippen molar-refractivity contribution in [3.8, 4) is 17.2 Å². The van der Waals surface area contributed by atoms with E-state index in [0.29, 0.717) is 51.8 Å². The minimum atomic E-state index is -0.718. The summed E-state index contributed by atoms with van der Waals surface area (Å²) in [4.78, 5) is 27.6. The molecule has 1 aliphatic carbocycles. The average molecular weight is 543 g/mol. The fourth-order valence-corrected chi connectivity index (χ4v) is 5.57. The van der Waals surface area contributed by atoms with Gasteiger partial charge in [-0.05, 0) is 78.9 Å². The van der Waals surface area contributed by atoms with E-state index >= 15 is 0 Å². The molecule has 0 saturated carbocycles. The molecule has 2 N–H and O–H groups in total. The first-order valence-corrected chi connectivity index (χ1v) is 13.0. The summed E-state index contributed by atoms with van der Waals surface area (Å²) in [5.41, 5.74) is 4.29. The first-order chi connectivity index (χ1) is 19.3. The Kier molecular flexibility index (Phi) is 7.60. The maximum absolute atomic E-state index is 14.4. The van der Waals surface area contributed by atoms with E-state index in [1.54, 1.807) is 57.7 Å². The molecule has 1 amide bonds. The van der Waals surface area contributed by atoms with Crippen molar-refractivity contribution in [2.45, 2.75) is 31.6 Å². The molecule has 0 aromatic heterocycles. The summed E-state index contributed by atoms with van der Waals surface area (Å²) in [5.74, 6) is 0.153. The van der Waals surface area contributed by atoms with Gasteiger partial charge >= 0.3 is 0 Å². The number of halogens is 1. The number of rotatable bonds is 7. The number of methoxy groups -OCH3 is 3. The lowest BCUT2D eigenvalue weighted by Gasteiger charge is -2.37. The van der Waals surface area contributed by atoms with Gasteiger partial charge in [0.25, 0.3) is 5.91 Å². The highest BCUT2D eigenvalue weighted by Gasteiger charge is 2.41. The number of allylic oxidation sites excluding steroid dienone is 3. The molecule has 3 aromatic rings. The number of dihydropyridines is 1. The zero-order valence-corrected chi connectivity index (χ0v) is 22.8. The molecule has 0 radical (unpaired) electrons. The highest BCUT2D eigenvalue weighted by atomic mass is 19.1. The molecule has 2 unspecified atom stereocenters. The summed E-state index contributed by atoms with van der Waals surface area (Å²) in [6.07, 6.45) is 0.793. The largest absolute Gasteiger partial charge is 0.497 e. The Balaban J connectivity index is 1.53. The number of carbonyl (C=O) groups excluding carboxylic acids is 2. The minimum Gasteiger partial charge on any atom is -0.497 e. The van der Waals surface area contributed by atoms with Gasteiger partial charge in [0.1, 0.15) is 11.6 Å². The second-order valence-electron chi connectivity index (χ2n) is 9.87. The maximum atomic E-state index is 14.4. The summed E-state index contributed by atoms with van der Waals surface area (Å²) < 4.78 is 30.5. The quantitative estimate of drug-likeness (QED) is 0.390.